The summed E-state index contributed by atoms with van der Waals surface area (Å²) < 4.78 is 17.2. The summed E-state index contributed by atoms with van der Waals surface area (Å²) in [7, 11) is 1.47. The van der Waals surface area contributed by atoms with Crippen LogP contribution in [0.2, 0.25) is 0 Å². The highest BCUT2D eigenvalue weighted by Crippen LogP contribution is 2.52. The molecule has 1 aliphatic heterocycles. The Morgan fingerprint density at radius 3 is 2.41 bits per heavy atom. The van der Waals surface area contributed by atoms with Crippen molar-refractivity contribution in [1.29, 1.82) is 0 Å². The number of allylic oxidation sites excluding steroid dienone is 2. The van der Waals surface area contributed by atoms with Crippen LogP contribution < -0.4 is 9.47 Å². The highest BCUT2D eigenvalue weighted by atomic mass is 79.9. The van der Waals surface area contributed by atoms with Crippen LogP contribution in [-0.2, 0) is 19.1 Å². The summed E-state index contributed by atoms with van der Waals surface area (Å²) in [6, 6.07) is 1.64. The zero-order valence-corrected chi connectivity index (χ0v) is 20.9. The van der Waals surface area contributed by atoms with Gasteiger partial charge >= 0.3 is 5.97 Å². The Morgan fingerprint density at radius 1 is 1.22 bits per heavy atom. The van der Waals surface area contributed by atoms with Crippen molar-refractivity contribution in [3.05, 3.63) is 32.7 Å². The van der Waals surface area contributed by atoms with E-state index in [9.17, 15) is 14.4 Å². The predicted octanol–water partition coefficient (Wildman–Crippen LogP) is 3.69. The van der Waals surface area contributed by atoms with Crippen LogP contribution in [0, 0.1) is 23.7 Å². The van der Waals surface area contributed by atoms with E-state index in [0.717, 1.165) is 11.4 Å². The van der Waals surface area contributed by atoms with Crippen LogP contribution in [0.3, 0.4) is 0 Å². The zero-order valence-electron chi connectivity index (χ0n) is 17.7. The summed E-state index contributed by atoms with van der Waals surface area (Å²) in [6.07, 6.45) is 5.53. The number of nitrogens with zero attached hydrogens (tertiary/aromatic N) is 2. The summed E-state index contributed by atoms with van der Waals surface area (Å²) >= 11 is 6.94. The van der Waals surface area contributed by atoms with Gasteiger partial charge < -0.3 is 14.2 Å². The molecule has 1 saturated heterocycles. The standard InChI is InChI=1S/C22H22Br2N2O6/c1-4-31-22(29)10(2)32-19-14(30-3)8-13(17(23)18(19)24)9-25-26-20(27)15-11-5-6-12(7-11)16(15)21(26)28/h5-6,8-12,15-16H,4,7H2,1-3H3/t10-,11-,12-,15-,16+/m0/s1. The van der Waals surface area contributed by atoms with Gasteiger partial charge in [0.25, 0.3) is 11.8 Å². The largest absolute Gasteiger partial charge is 0.493 e. The summed E-state index contributed by atoms with van der Waals surface area (Å²) in [5.74, 6) is -0.710. The molecule has 1 aromatic rings. The molecule has 5 atom stereocenters. The molecule has 10 heteroatoms. The molecule has 8 nitrogen and oxygen atoms in total. The second-order valence-corrected chi connectivity index (χ2v) is 9.46. The molecule has 170 valence electrons. The fourth-order valence-electron chi connectivity index (χ4n) is 4.56. The number of fused-ring (bicyclic) bond motifs is 5. The fraction of sp³-hybridized carbons (Fsp3) is 0.455. The smallest absolute Gasteiger partial charge is 0.347 e. The second-order valence-electron chi connectivity index (χ2n) is 7.87. The van der Waals surface area contributed by atoms with Crippen LogP contribution in [0.25, 0.3) is 0 Å². The predicted molar refractivity (Wildman–Crippen MR) is 122 cm³/mol. The third-order valence-electron chi connectivity index (χ3n) is 6.05. The number of methoxy groups -OCH3 is 1. The number of ether oxygens (including phenoxy) is 3. The maximum absolute atomic E-state index is 12.8. The van der Waals surface area contributed by atoms with Crippen LogP contribution in [-0.4, -0.2) is 48.8 Å². The topological polar surface area (TPSA) is 94.5 Å². The van der Waals surface area contributed by atoms with Gasteiger partial charge in [-0.05, 0) is 70.0 Å². The van der Waals surface area contributed by atoms with Crippen molar-refractivity contribution in [2.45, 2.75) is 26.4 Å². The zero-order chi connectivity index (χ0) is 23.2. The number of imide groups is 1. The normalized spacial score (nSPS) is 26.7. The SMILES string of the molecule is CCOC(=O)[C@H](C)Oc1c(OC)cc(C=NN2C(=O)[C@@H]3[C@H](C2=O)[C@H]2C=C[C@H]3C2)c(Br)c1Br. The second kappa shape index (κ2) is 8.97. The summed E-state index contributed by atoms with van der Waals surface area (Å²) in [4.78, 5) is 37.6. The molecule has 2 amide bonds. The Labute approximate surface area is 202 Å². The molecule has 2 bridgehead atoms. The lowest BCUT2D eigenvalue weighted by atomic mass is 9.85. The molecule has 0 radical (unpaired) electrons. The molecular weight excluding hydrogens is 548 g/mol. The van der Waals surface area contributed by atoms with Crippen LogP contribution in [0.1, 0.15) is 25.8 Å². The first-order chi connectivity index (χ1) is 15.3. The van der Waals surface area contributed by atoms with Crippen molar-refractivity contribution < 1.29 is 28.6 Å². The average Bonchev–Trinajstić information content (AvgIpc) is 3.45. The van der Waals surface area contributed by atoms with Gasteiger partial charge in [0.1, 0.15) is 0 Å². The number of esters is 1. The molecule has 1 aromatic carbocycles. The molecule has 2 fully saturated rings. The van der Waals surface area contributed by atoms with Gasteiger partial charge in [-0.25, -0.2) is 4.79 Å². The molecule has 4 rings (SSSR count). The van der Waals surface area contributed by atoms with Gasteiger partial charge in [0.2, 0.25) is 0 Å². The number of halogens is 2. The minimum absolute atomic E-state index is 0.125. The van der Waals surface area contributed by atoms with Crippen molar-refractivity contribution in [1.82, 2.24) is 5.01 Å². The Morgan fingerprint density at radius 2 is 1.84 bits per heavy atom. The number of benzene rings is 1. The number of carbonyl (C=O) groups is 3. The first-order valence-corrected chi connectivity index (χ1v) is 11.9. The van der Waals surface area contributed by atoms with Crippen molar-refractivity contribution in [3.63, 3.8) is 0 Å². The molecule has 0 spiro atoms. The number of rotatable bonds is 7. The van der Waals surface area contributed by atoms with Gasteiger partial charge in [-0.15, -0.1) is 0 Å². The highest BCUT2D eigenvalue weighted by molar-refractivity contribution is 9.13. The van der Waals surface area contributed by atoms with Gasteiger partial charge in [0.05, 0.1) is 36.2 Å². The fourth-order valence-corrected chi connectivity index (χ4v) is 5.48. The summed E-state index contributed by atoms with van der Waals surface area (Å²) in [5.41, 5.74) is 0.559. The first-order valence-electron chi connectivity index (χ1n) is 10.3. The lowest BCUT2D eigenvalue weighted by Gasteiger charge is -2.19. The summed E-state index contributed by atoms with van der Waals surface area (Å²) in [5, 5.41) is 5.20. The number of hydrogen-bond donors (Lipinski definition) is 0. The average molecular weight is 570 g/mol. The Bertz CT molecular complexity index is 1010. The first kappa shape index (κ1) is 23.0. The van der Waals surface area contributed by atoms with Gasteiger partial charge in [-0.1, -0.05) is 12.2 Å². The highest BCUT2D eigenvalue weighted by Gasteiger charge is 2.59. The molecule has 32 heavy (non-hydrogen) atoms. The molecule has 0 N–H and O–H groups in total. The lowest BCUT2D eigenvalue weighted by Crippen LogP contribution is -2.28. The van der Waals surface area contributed by atoms with Crippen LogP contribution in [0.15, 0.2) is 32.3 Å². The van der Waals surface area contributed by atoms with E-state index in [0.29, 0.717) is 26.0 Å². The number of hydrazone groups is 1. The number of amides is 2. The van der Waals surface area contributed by atoms with Crippen LogP contribution in [0.4, 0.5) is 0 Å². The van der Waals surface area contributed by atoms with E-state index in [1.807, 2.05) is 12.2 Å². The lowest BCUT2D eigenvalue weighted by molar-refractivity contribution is -0.150. The van der Waals surface area contributed by atoms with E-state index in [1.54, 1.807) is 19.9 Å². The molecule has 0 unspecified atom stereocenters. The third kappa shape index (κ3) is 3.77. The minimum atomic E-state index is -0.852. The Hall–Kier alpha value is -2.20. The quantitative estimate of drug-likeness (QED) is 0.215. The molecule has 1 heterocycles. The maximum atomic E-state index is 12.8. The number of hydrogen-bond acceptors (Lipinski definition) is 7. The van der Waals surface area contributed by atoms with Crippen LogP contribution in [0.5, 0.6) is 11.5 Å². The van der Waals surface area contributed by atoms with Crippen molar-refractivity contribution >= 4 is 55.9 Å². The van der Waals surface area contributed by atoms with E-state index in [-0.39, 0.29) is 42.1 Å². The summed E-state index contributed by atoms with van der Waals surface area (Å²) in [6.45, 7) is 3.55. The van der Waals surface area contributed by atoms with Gasteiger partial charge in [0, 0.05) is 10.0 Å². The maximum Gasteiger partial charge on any atom is 0.347 e. The molecule has 3 aliphatic rings. The van der Waals surface area contributed by atoms with E-state index < -0.39 is 12.1 Å². The Balaban J connectivity index is 1.58. The van der Waals surface area contributed by atoms with Crippen molar-refractivity contribution in [2.75, 3.05) is 13.7 Å². The van der Waals surface area contributed by atoms with E-state index >= 15 is 0 Å². The molecule has 1 saturated carbocycles. The number of carbonyl (C=O) groups excluding carboxylic acids is 3. The monoisotopic (exact) mass is 568 g/mol. The van der Waals surface area contributed by atoms with Crippen molar-refractivity contribution in [2.24, 2.45) is 28.8 Å². The molecule has 0 aromatic heterocycles. The van der Waals surface area contributed by atoms with E-state index in [4.69, 9.17) is 14.2 Å². The van der Waals surface area contributed by atoms with Gasteiger partial charge in [-0.2, -0.15) is 10.1 Å². The molecule has 2 aliphatic carbocycles. The van der Waals surface area contributed by atoms with Crippen molar-refractivity contribution in [3.8, 4) is 11.5 Å². The van der Waals surface area contributed by atoms with Gasteiger partial charge in [0.15, 0.2) is 17.6 Å². The van der Waals surface area contributed by atoms with Gasteiger partial charge in [-0.3, -0.25) is 9.59 Å². The molecular formula is C22H22Br2N2O6. The Kier molecular flexibility index (Phi) is 6.44. The van der Waals surface area contributed by atoms with Crippen LogP contribution >= 0.6 is 31.9 Å². The third-order valence-corrected chi connectivity index (χ3v) is 8.19. The van der Waals surface area contributed by atoms with E-state index in [1.165, 1.54) is 13.3 Å². The van der Waals surface area contributed by atoms with E-state index in [2.05, 4.69) is 37.0 Å². The minimum Gasteiger partial charge on any atom is -0.493 e.